The Morgan fingerprint density at radius 2 is 1.22 bits per heavy atom. The van der Waals surface area contributed by atoms with Crippen LogP contribution >= 0.6 is 0 Å². The maximum Gasteiger partial charge on any atom is 0.302 e. The minimum absolute atomic E-state index is 0.0457. The Balaban J connectivity index is 0.000000237. The lowest BCUT2D eigenvalue weighted by atomic mass is 10.1. The Morgan fingerprint density at radius 1 is 0.707 bits per heavy atom. The molecule has 0 spiro atoms. The molecule has 0 amide bonds. The normalized spacial score (nSPS) is 9.54. The van der Waals surface area contributed by atoms with Crippen LogP contribution in [0, 0.1) is 66.9 Å². The molecule has 4 rings (SSSR count). The highest BCUT2D eigenvalue weighted by Gasteiger charge is 2.15. The lowest BCUT2D eigenvalue weighted by Gasteiger charge is -2.09. The highest BCUT2D eigenvalue weighted by atomic mass is 19.1. The minimum Gasteiger partial charge on any atom is -0.399 e. The molecular weight excluding hydrogens is 527 g/mol. The first kappa shape index (κ1) is 31.4. The van der Waals surface area contributed by atoms with E-state index in [1.807, 2.05) is 50.2 Å². The van der Waals surface area contributed by atoms with Crippen LogP contribution in [0.2, 0.25) is 0 Å². The molecule has 4 aromatic carbocycles. The Bertz CT molecular complexity index is 1680. The molecule has 0 heterocycles. The summed E-state index contributed by atoms with van der Waals surface area (Å²) in [5.41, 5.74) is 12.0. The molecule has 0 saturated carbocycles. The zero-order valence-corrected chi connectivity index (χ0v) is 22.8. The van der Waals surface area contributed by atoms with Gasteiger partial charge in [0.15, 0.2) is 17.2 Å². The van der Waals surface area contributed by atoms with Crippen molar-refractivity contribution in [2.45, 2.75) is 27.7 Å². The van der Waals surface area contributed by atoms with Crippen LogP contribution in [0.4, 0.5) is 44.2 Å². The summed E-state index contributed by atoms with van der Waals surface area (Å²) < 4.78 is 12.7. The van der Waals surface area contributed by atoms with E-state index < -0.39 is 21.4 Å². The van der Waals surface area contributed by atoms with E-state index in [-0.39, 0.29) is 11.4 Å². The number of rotatable bonds is 4. The van der Waals surface area contributed by atoms with Gasteiger partial charge in [0.25, 0.3) is 5.69 Å². The van der Waals surface area contributed by atoms with Gasteiger partial charge in [-0.1, -0.05) is 12.1 Å². The Labute approximate surface area is 236 Å². The topological polar surface area (TPSA) is 133 Å². The number of nitrogen functional groups attached to an aromatic ring is 1. The van der Waals surface area contributed by atoms with Gasteiger partial charge in [0.2, 0.25) is 0 Å². The molecule has 0 bridgehead atoms. The molecule has 3 N–H and O–H groups in total. The van der Waals surface area contributed by atoms with Gasteiger partial charge in [-0.25, -0.2) is 14.1 Å². The van der Waals surface area contributed by atoms with Crippen molar-refractivity contribution in [1.82, 2.24) is 0 Å². The Kier molecular flexibility index (Phi) is 11.0. The Hall–Kier alpha value is -5.81. The molecule has 0 saturated heterocycles. The van der Waals surface area contributed by atoms with Crippen LogP contribution in [0.25, 0.3) is 9.69 Å². The third-order valence-corrected chi connectivity index (χ3v) is 5.88. The molecule has 0 aliphatic carbocycles. The quantitative estimate of drug-likeness (QED) is 0.112. The second-order valence-corrected chi connectivity index (χ2v) is 8.84. The zero-order chi connectivity index (χ0) is 30.7. The summed E-state index contributed by atoms with van der Waals surface area (Å²) in [6.45, 7) is 21.6. The third-order valence-electron chi connectivity index (χ3n) is 5.88. The van der Waals surface area contributed by atoms with Crippen molar-refractivity contribution >= 4 is 39.8 Å². The van der Waals surface area contributed by atoms with Crippen LogP contribution < -0.4 is 11.1 Å². The van der Waals surface area contributed by atoms with E-state index in [0.717, 1.165) is 34.6 Å². The second-order valence-electron chi connectivity index (χ2n) is 8.84. The molecule has 4 aromatic rings. The largest absolute Gasteiger partial charge is 0.399 e. The van der Waals surface area contributed by atoms with Crippen molar-refractivity contribution in [1.29, 1.82) is 0 Å². The number of nitrogens with one attached hydrogen (secondary N) is 1. The maximum absolute atomic E-state index is 12.7. The lowest BCUT2D eigenvalue weighted by molar-refractivity contribution is -0.387. The van der Waals surface area contributed by atoms with Crippen LogP contribution in [0.3, 0.4) is 0 Å². The van der Waals surface area contributed by atoms with Crippen molar-refractivity contribution < 1.29 is 14.2 Å². The standard InChI is InChI=1S/C15H13N3O2.C8H11N.C7H3FN2O2/c1-10-4-5-13(8-11(10)2)17-14-9-12(16-3)6-7-15(14)18(19)20;1-6-3-4-8(9)5-7(6)2;1-9-5-2-3-7(10(11)12)6(8)4-5/h4-9,17H,1-2H3;3-5H,9H2,1-2H3;2-4H. The van der Waals surface area contributed by atoms with E-state index in [4.69, 9.17) is 18.9 Å². The van der Waals surface area contributed by atoms with Gasteiger partial charge in [-0.15, -0.1) is 0 Å². The van der Waals surface area contributed by atoms with Gasteiger partial charge in [0, 0.05) is 23.5 Å². The van der Waals surface area contributed by atoms with Crippen molar-refractivity contribution in [3.63, 3.8) is 0 Å². The van der Waals surface area contributed by atoms with E-state index in [2.05, 4.69) is 28.9 Å². The fraction of sp³-hybridized carbons (Fsp3) is 0.133. The van der Waals surface area contributed by atoms with Gasteiger partial charge in [-0.05, 0) is 98.5 Å². The molecular formula is C30H27FN6O4. The molecule has 0 aliphatic heterocycles. The summed E-state index contributed by atoms with van der Waals surface area (Å²) in [4.78, 5) is 26.1. The summed E-state index contributed by atoms with van der Waals surface area (Å²) in [5.74, 6) is -0.978. The van der Waals surface area contributed by atoms with Crippen molar-refractivity contribution in [2.24, 2.45) is 0 Å². The molecule has 0 fully saturated rings. The zero-order valence-electron chi connectivity index (χ0n) is 22.8. The number of nitro benzene ring substituents is 2. The predicted octanol–water partition coefficient (Wildman–Crippen LogP) is 8.68. The van der Waals surface area contributed by atoms with Crippen LogP contribution in [0.1, 0.15) is 22.3 Å². The Morgan fingerprint density at radius 3 is 1.68 bits per heavy atom. The number of hydrogen-bond donors (Lipinski definition) is 2. The fourth-order valence-electron chi connectivity index (χ4n) is 3.31. The number of aryl methyl sites for hydroxylation is 4. The summed E-state index contributed by atoms with van der Waals surface area (Å²) in [6, 6.07) is 18.9. The number of nitro groups is 2. The number of halogens is 1. The van der Waals surface area contributed by atoms with E-state index >= 15 is 0 Å². The number of nitrogens with zero attached hydrogens (tertiary/aromatic N) is 4. The smallest absolute Gasteiger partial charge is 0.302 e. The average Bonchev–Trinajstić information content (AvgIpc) is 2.93. The van der Waals surface area contributed by atoms with Crippen LogP contribution in [0.15, 0.2) is 72.8 Å². The molecule has 41 heavy (non-hydrogen) atoms. The molecule has 0 atom stereocenters. The monoisotopic (exact) mass is 554 g/mol. The molecule has 0 radical (unpaired) electrons. The average molecular weight is 555 g/mol. The van der Waals surface area contributed by atoms with E-state index in [0.29, 0.717) is 11.4 Å². The van der Waals surface area contributed by atoms with Gasteiger partial charge < -0.3 is 11.1 Å². The van der Waals surface area contributed by atoms with Gasteiger partial charge >= 0.3 is 5.69 Å². The summed E-state index contributed by atoms with van der Waals surface area (Å²) >= 11 is 0. The summed E-state index contributed by atoms with van der Waals surface area (Å²) in [5, 5.41) is 24.1. The first-order valence-corrected chi connectivity index (χ1v) is 12.0. The first-order valence-electron chi connectivity index (χ1n) is 12.0. The summed E-state index contributed by atoms with van der Waals surface area (Å²) in [6.07, 6.45) is 0. The minimum atomic E-state index is -0.978. The van der Waals surface area contributed by atoms with Gasteiger partial charge in [0.1, 0.15) is 5.69 Å². The molecule has 208 valence electrons. The van der Waals surface area contributed by atoms with Crippen LogP contribution in [-0.4, -0.2) is 9.85 Å². The van der Waals surface area contributed by atoms with Crippen molar-refractivity contribution in [3.05, 3.63) is 144 Å². The van der Waals surface area contributed by atoms with Crippen LogP contribution in [-0.2, 0) is 0 Å². The SMILES string of the molecule is Cc1ccc(N)cc1C.[C-]#[N+]c1ccc([N+](=O)[O-])c(F)c1.[C-]#[N+]c1ccc([N+](=O)[O-])c(Nc2ccc(C)c(C)c2)c1. The fourth-order valence-corrected chi connectivity index (χ4v) is 3.31. The van der Waals surface area contributed by atoms with Crippen molar-refractivity contribution in [3.8, 4) is 0 Å². The van der Waals surface area contributed by atoms with Crippen molar-refractivity contribution in [2.75, 3.05) is 11.1 Å². The predicted molar refractivity (Wildman–Crippen MR) is 158 cm³/mol. The highest BCUT2D eigenvalue weighted by Crippen LogP contribution is 2.32. The van der Waals surface area contributed by atoms with E-state index in [1.165, 1.54) is 35.4 Å². The lowest BCUT2D eigenvalue weighted by Crippen LogP contribution is -1.97. The summed E-state index contributed by atoms with van der Waals surface area (Å²) in [7, 11) is 0. The third kappa shape index (κ3) is 9.16. The number of benzene rings is 4. The maximum atomic E-state index is 12.7. The molecule has 0 unspecified atom stereocenters. The highest BCUT2D eigenvalue weighted by molar-refractivity contribution is 5.74. The second kappa shape index (κ2) is 14.4. The van der Waals surface area contributed by atoms with Crippen LogP contribution in [0.5, 0.6) is 0 Å². The molecule has 0 aromatic heterocycles. The van der Waals surface area contributed by atoms with Gasteiger partial charge in [-0.2, -0.15) is 0 Å². The van der Waals surface area contributed by atoms with E-state index in [9.17, 15) is 24.6 Å². The number of hydrogen-bond acceptors (Lipinski definition) is 6. The van der Waals surface area contributed by atoms with Gasteiger partial charge in [-0.3, -0.25) is 20.2 Å². The number of nitrogens with two attached hydrogens (primary N) is 1. The first-order chi connectivity index (χ1) is 19.4. The van der Waals surface area contributed by atoms with E-state index in [1.54, 1.807) is 0 Å². The number of anilines is 3. The molecule has 10 nitrogen and oxygen atoms in total. The molecule has 0 aliphatic rings. The van der Waals surface area contributed by atoms with Gasteiger partial charge in [0.05, 0.1) is 23.0 Å². The molecule has 11 heteroatoms.